The highest BCUT2D eigenvalue weighted by Gasteiger charge is 2.34. The fourth-order valence-electron chi connectivity index (χ4n) is 3.12. The first-order valence-electron chi connectivity index (χ1n) is 8.15. The molecule has 1 aliphatic rings. The number of esters is 1. The molecule has 0 bridgehead atoms. The van der Waals surface area contributed by atoms with Crippen LogP contribution >= 0.6 is 0 Å². The Morgan fingerprint density at radius 1 is 1.33 bits per heavy atom. The summed E-state index contributed by atoms with van der Waals surface area (Å²) in [6.07, 6.45) is 5.02. The minimum absolute atomic E-state index is 0.0399. The maximum absolute atomic E-state index is 11.9. The van der Waals surface area contributed by atoms with Crippen LogP contribution < -0.4 is 5.32 Å². The fourth-order valence-corrected chi connectivity index (χ4v) is 3.12. The van der Waals surface area contributed by atoms with E-state index in [4.69, 9.17) is 4.74 Å². The van der Waals surface area contributed by atoms with E-state index in [1.54, 1.807) is 0 Å². The summed E-state index contributed by atoms with van der Waals surface area (Å²) in [7, 11) is 0. The number of hydrogen-bond donors (Lipinski definition) is 2. The van der Waals surface area contributed by atoms with E-state index in [0.717, 1.165) is 32.1 Å². The van der Waals surface area contributed by atoms with Crippen LogP contribution in [0.2, 0.25) is 0 Å². The van der Waals surface area contributed by atoms with Gasteiger partial charge in [-0.1, -0.05) is 26.7 Å². The summed E-state index contributed by atoms with van der Waals surface area (Å²) in [5.74, 6) is -0.689. The van der Waals surface area contributed by atoms with Crippen LogP contribution in [0, 0.1) is 11.8 Å². The third-order valence-electron chi connectivity index (χ3n) is 4.34. The second-order valence-corrected chi connectivity index (χ2v) is 6.05. The van der Waals surface area contributed by atoms with E-state index in [2.05, 4.69) is 19.2 Å². The molecule has 1 fully saturated rings. The van der Waals surface area contributed by atoms with Gasteiger partial charge in [0.2, 0.25) is 0 Å². The standard InChI is InChI=1S/C16H29NO4/c1-4-6-7-14(15(18)19)17-12-8-9-13(11(3)10-12)16(20)21-5-2/h11-14,17H,4-10H2,1-3H3,(H,18,19)/t11?,12?,13?,14-/m0/s1. The lowest BCUT2D eigenvalue weighted by Crippen LogP contribution is -2.47. The first kappa shape index (κ1) is 18.0. The van der Waals surface area contributed by atoms with Gasteiger partial charge in [0, 0.05) is 6.04 Å². The van der Waals surface area contributed by atoms with Gasteiger partial charge in [0.25, 0.3) is 0 Å². The highest BCUT2D eigenvalue weighted by atomic mass is 16.5. The predicted octanol–water partition coefficient (Wildman–Crippen LogP) is 2.59. The second kappa shape index (κ2) is 9.03. The van der Waals surface area contributed by atoms with Gasteiger partial charge < -0.3 is 15.2 Å². The normalized spacial score (nSPS) is 27.1. The van der Waals surface area contributed by atoms with Gasteiger partial charge >= 0.3 is 11.9 Å². The number of rotatable bonds is 8. The minimum Gasteiger partial charge on any atom is -0.480 e. The van der Waals surface area contributed by atoms with Crippen LogP contribution in [0.4, 0.5) is 0 Å². The van der Waals surface area contributed by atoms with Gasteiger partial charge in [0.15, 0.2) is 0 Å². The number of unbranched alkanes of at least 4 members (excludes halogenated alkanes) is 1. The van der Waals surface area contributed by atoms with Crippen LogP contribution in [0.3, 0.4) is 0 Å². The quantitative estimate of drug-likeness (QED) is 0.674. The van der Waals surface area contributed by atoms with Gasteiger partial charge in [0.05, 0.1) is 12.5 Å². The third-order valence-corrected chi connectivity index (χ3v) is 4.34. The van der Waals surface area contributed by atoms with Gasteiger partial charge in [-0.3, -0.25) is 9.59 Å². The van der Waals surface area contributed by atoms with Crippen molar-refractivity contribution in [3.63, 3.8) is 0 Å². The lowest BCUT2D eigenvalue weighted by Gasteiger charge is -2.34. The summed E-state index contributed by atoms with van der Waals surface area (Å²) < 4.78 is 5.11. The number of carboxylic acid groups (broad SMARTS) is 1. The van der Waals surface area contributed by atoms with Crippen LogP contribution in [0.25, 0.3) is 0 Å². The molecule has 3 unspecified atom stereocenters. The van der Waals surface area contributed by atoms with Crippen molar-refractivity contribution < 1.29 is 19.4 Å². The molecule has 0 amide bonds. The highest BCUT2D eigenvalue weighted by molar-refractivity contribution is 5.74. The first-order chi connectivity index (χ1) is 9.99. The molecule has 0 radical (unpaired) electrons. The Morgan fingerprint density at radius 2 is 2.05 bits per heavy atom. The number of carboxylic acids is 1. The molecule has 1 saturated carbocycles. The molecule has 5 heteroatoms. The van der Waals surface area contributed by atoms with Gasteiger partial charge in [0.1, 0.15) is 6.04 Å². The zero-order valence-corrected chi connectivity index (χ0v) is 13.4. The summed E-state index contributed by atoms with van der Waals surface area (Å²) in [4.78, 5) is 23.1. The SMILES string of the molecule is CCCC[C@H](NC1CCC(C(=O)OCC)C(C)C1)C(=O)O. The van der Waals surface area contributed by atoms with E-state index >= 15 is 0 Å². The van der Waals surface area contributed by atoms with Gasteiger partial charge in [-0.25, -0.2) is 0 Å². The fraction of sp³-hybridized carbons (Fsp3) is 0.875. The average molecular weight is 299 g/mol. The van der Waals surface area contributed by atoms with E-state index in [0.29, 0.717) is 13.0 Å². The summed E-state index contributed by atoms with van der Waals surface area (Å²) in [5, 5.41) is 12.5. The van der Waals surface area contributed by atoms with Crippen LogP contribution in [0.1, 0.15) is 59.3 Å². The number of ether oxygens (including phenoxy) is 1. The molecule has 5 nitrogen and oxygen atoms in total. The number of carbonyl (C=O) groups excluding carboxylic acids is 1. The molecule has 2 N–H and O–H groups in total. The summed E-state index contributed by atoms with van der Waals surface area (Å²) in [6, 6.07) is -0.287. The molecule has 21 heavy (non-hydrogen) atoms. The lowest BCUT2D eigenvalue weighted by atomic mass is 9.77. The molecule has 0 heterocycles. The Labute approximate surface area is 127 Å². The molecular formula is C16H29NO4. The molecule has 4 atom stereocenters. The maximum Gasteiger partial charge on any atom is 0.320 e. The van der Waals surface area contributed by atoms with Crippen LogP contribution in [-0.4, -0.2) is 35.7 Å². The molecular weight excluding hydrogens is 270 g/mol. The Balaban J connectivity index is 2.49. The number of aliphatic carboxylic acids is 1. The zero-order chi connectivity index (χ0) is 15.8. The molecule has 0 aliphatic heterocycles. The second-order valence-electron chi connectivity index (χ2n) is 6.05. The van der Waals surface area contributed by atoms with Crippen LogP contribution in [-0.2, 0) is 14.3 Å². The van der Waals surface area contributed by atoms with Crippen molar-refractivity contribution in [2.24, 2.45) is 11.8 Å². The van der Waals surface area contributed by atoms with Crippen LogP contribution in [0.5, 0.6) is 0 Å². The van der Waals surface area contributed by atoms with E-state index in [-0.39, 0.29) is 23.8 Å². The molecule has 1 aliphatic carbocycles. The molecule has 1 rings (SSSR count). The topological polar surface area (TPSA) is 75.6 Å². The Hall–Kier alpha value is -1.10. The summed E-state index contributed by atoms with van der Waals surface area (Å²) in [5.41, 5.74) is 0. The van der Waals surface area contributed by atoms with Crippen molar-refractivity contribution in [2.45, 2.75) is 71.4 Å². The molecule has 0 saturated heterocycles. The van der Waals surface area contributed by atoms with E-state index in [1.807, 2.05) is 6.92 Å². The molecule has 0 aromatic rings. The summed E-state index contributed by atoms with van der Waals surface area (Å²) >= 11 is 0. The maximum atomic E-state index is 11.9. The Bertz CT molecular complexity index is 345. The number of nitrogens with one attached hydrogen (secondary N) is 1. The predicted molar refractivity (Wildman–Crippen MR) is 81.0 cm³/mol. The molecule has 0 aromatic carbocycles. The zero-order valence-electron chi connectivity index (χ0n) is 13.4. The number of carbonyl (C=O) groups is 2. The molecule has 0 spiro atoms. The monoisotopic (exact) mass is 299 g/mol. The van der Waals surface area contributed by atoms with Gasteiger partial charge in [-0.05, 0) is 38.5 Å². The van der Waals surface area contributed by atoms with Crippen molar-refractivity contribution >= 4 is 11.9 Å². The highest BCUT2D eigenvalue weighted by Crippen LogP contribution is 2.31. The molecule has 0 aromatic heterocycles. The Morgan fingerprint density at radius 3 is 2.57 bits per heavy atom. The lowest BCUT2D eigenvalue weighted by molar-refractivity contribution is -0.151. The average Bonchev–Trinajstić information content (AvgIpc) is 2.43. The van der Waals surface area contributed by atoms with E-state index < -0.39 is 12.0 Å². The first-order valence-corrected chi connectivity index (χ1v) is 8.15. The van der Waals surface area contributed by atoms with Crippen molar-refractivity contribution in [2.75, 3.05) is 6.61 Å². The Kier molecular flexibility index (Phi) is 7.72. The summed E-state index contributed by atoms with van der Waals surface area (Å²) in [6.45, 7) is 6.35. The van der Waals surface area contributed by atoms with Crippen molar-refractivity contribution in [1.82, 2.24) is 5.32 Å². The molecule has 122 valence electrons. The largest absolute Gasteiger partial charge is 0.480 e. The smallest absolute Gasteiger partial charge is 0.320 e. The van der Waals surface area contributed by atoms with Crippen LogP contribution in [0.15, 0.2) is 0 Å². The minimum atomic E-state index is -0.774. The number of hydrogen-bond acceptors (Lipinski definition) is 4. The van der Waals surface area contributed by atoms with Crippen molar-refractivity contribution in [1.29, 1.82) is 0 Å². The van der Waals surface area contributed by atoms with Crippen molar-refractivity contribution in [3.05, 3.63) is 0 Å². The van der Waals surface area contributed by atoms with Gasteiger partial charge in [-0.15, -0.1) is 0 Å². The third kappa shape index (κ3) is 5.65. The van der Waals surface area contributed by atoms with E-state index in [9.17, 15) is 14.7 Å². The van der Waals surface area contributed by atoms with Gasteiger partial charge in [-0.2, -0.15) is 0 Å². The van der Waals surface area contributed by atoms with Crippen molar-refractivity contribution in [3.8, 4) is 0 Å². The van der Waals surface area contributed by atoms with E-state index in [1.165, 1.54) is 0 Å².